The number of carbonyl (C=O) groups is 1. The molecule has 0 fully saturated rings. The topological polar surface area (TPSA) is 38.8 Å². The van der Waals surface area contributed by atoms with Crippen molar-refractivity contribution in [2.75, 3.05) is 13.3 Å². The van der Waals surface area contributed by atoms with Gasteiger partial charge < -0.3 is 9.47 Å². The SMILES string of the molecule is O=C1/C(=C/c2ccccc2)Oc2c1ccc1c2CN(CCc2ccc(Cl)cc2)CO1. The normalized spacial score (nSPS) is 16.7. The zero-order valence-electron chi connectivity index (χ0n) is 16.3. The van der Waals surface area contributed by atoms with Crippen LogP contribution in [0, 0.1) is 0 Å². The fourth-order valence-electron chi connectivity index (χ4n) is 3.79. The first kappa shape index (κ1) is 18.9. The van der Waals surface area contributed by atoms with Gasteiger partial charge in [-0.05, 0) is 47.9 Å². The van der Waals surface area contributed by atoms with Gasteiger partial charge in [0.2, 0.25) is 5.78 Å². The number of ether oxygens (including phenoxy) is 2. The van der Waals surface area contributed by atoms with E-state index in [2.05, 4.69) is 4.90 Å². The van der Waals surface area contributed by atoms with Crippen LogP contribution in [-0.2, 0) is 13.0 Å². The molecule has 150 valence electrons. The number of halogens is 1. The summed E-state index contributed by atoms with van der Waals surface area (Å²) in [5, 5.41) is 0.741. The number of rotatable bonds is 4. The monoisotopic (exact) mass is 417 g/mol. The maximum Gasteiger partial charge on any atom is 0.231 e. The number of hydrogen-bond acceptors (Lipinski definition) is 4. The molecule has 0 bridgehead atoms. The maximum absolute atomic E-state index is 12.8. The van der Waals surface area contributed by atoms with Gasteiger partial charge in [0.05, 0.1) is 11.1 Å². The highest BCUT2D eigenvalue weighted by atomic mass is 35.5. The molecule has 0 aromatic heterocycles. The van der Waals surface area contributed by atoms with Crippen LogP contribution in [0.1, 0.15) is 27.0 Å². The molecule has 0 spiro atoms. The van der Waals surface area contributed by atoms with Crippen molar-refractivity contribution >= 4 is 23.5 Å². The lowest BCUT2D eigenvalue weighted by Gasteiger charge is -2.29. The lowest BCUT2D eigenvalue weighted by Crippen LogP contribution is -2.33. The predicted molar refractivity (Wildman–Crippen MR) is 117 cm³/mol. The van der Waals surface area contributed by atoms with Crippen molar-refractivity contribution in [2.24, 2.45) is 0 Å². The Bertz CT molecular complexity index is 1120. The molecule has 2 heterocycles. The summed E-state index contributed by atoms with van der Waals surface area (Å²) in [6.07, 6.45) is 2.68. The molecule has 0 aliphatic carbocycles. The number of ketones is 1. The van der Waals surface area contributed by atoms with Gasteiger partial charge in [-0.3, -0.25) is 9.69 Å². The number of hydrogen-bond donors (Lipinski definition) is 0. The lowest BCUT2D eigenvalue weighted by atomic mass is 10.0. The van der Waals surface area contributed by atoms with Crippen LogP contribution < -0.4 is 9.47 Å². The fourth-order valence-corrected chi connectivity index (χ4v) is 3.91. The highest BCUT2D eigenvalue weighted by molar-refractivity contribution is 6.30. The molecule has 4 nitrogen and oxygen atoms in total. The molecule has 5 rings (SSSR count). The largest absolute Gasteiger partial charge is 0.478 e. The lowest BCUT2D eigenvalue weighted by molar-refractivity contribution is 0.0950. The third-order valence-electron chi connectivity index (χ3n) is 5.41. The summed E-state index contributed by atoms with van der Waals surface area (Å²) in [7, 11) is 0. The Morgan fingerprint density at radius 1 is 1.00 bits per heavy atom. The number of Topliss-reactive ketones (excluding diaryl/α,β-unsaturated/α-hetero) is 1. The molecule has 0 saturated heterocycles. The van der Waals surface area contributed by atoms with E-state index in [0.717, 1.165) is 34.9 Å². The number of nitrogens with zero attached hydrogens (tertiary/aromatic N) is 1. The molecule has 0 unspecified atom stereocenters. The molecule has 0 saturated carbocycles. The van der Waals surface area contributed by atoms with Crippen molar-refractivity contribution in [1.29, 1.82) is 0 Å². The zero-order valence-corrected chi connectivity index (χ0v) is 17.1. The standard InChI is InChI=1S/C25H20ClNO3/c26-19-8-6-17(7-9-19)12-13-27-15-21-22(29-16-27)11-10-20-24(28)23(30-25(20)21)14-18-4-2-1-3-5-18/h1-11,14H,12-13,15-16H2/b23-14-. The Hall–Kier alpha value is -3.08. The summed E-state index contributed by atoms with van der Waals surface area (Å²) in [6, 6.07) is 21.3. The smallest absolute Gasteiger partial charge is 0.231 e. The van der Waals surface area contributed by atoms with E-state index in [1.165, 1.54) is 5.56 Å². The minimum absolute atomic E-state index is 0.0880. The van der Waals surface area contributed by atoms with Crippen LogP contribution >= 0.6 is 11.6 Å². The molecule has 3 aromatic rings. The molecular weight excluding hydrogens is 398 g/mol. The summed E-state index contributed by atoms with van der Waals surface area (Å²) in [4.78, 5) is 15.1. The predicted octanol–water partition coefficient (Wildman–Crippen LogP) is 5.35. The number of allylic oxidation sites excluding steroid dienone is 1. The van der Waals surface area contributed by atoms with E-state index in [9.17, 15) is 4.79 Å². The second-order valence-electron chi connectivity index (χ2n) is 7.47. The molecule has 3 aromatic carbocycles. The van der Waals surface area contributed by atoms with Crippen molar-refractivity contribution < 1.29 is 14.3 Å². The highest BCUT2D eigenvalue weighted by Crippen LogP contribution is 2.42. The quantitative estimate of drug-likeness (QED) is 0.536. The Balaban J connectivity index is 1.35. The number of benzene rings is 3. The first-order valence-corrected chi connectivity index (χ1v) is 10.3. The summed E-state index contributed by atoms with van der Waals surface area (Å²) in [5.41, 5.74) is 3.69. The third kappa shape index (κ3) is 3.72. The molecule has 5 heteroatoms. The summed E-state index contributed by atoms with van der Waals surface area (Å²) in [5.74, 6) is 1.67. The highest BCUT2D eigenvalue weighted by Gasteiger charge is 2.33. The number of fused-ring (bicyclic) bond motifs is 3. The van der Waals surface area contributed by atoms with Gasteiger partial charge in [-0.1, -0.05) is 54.1 Å². The minimum Gasteiger partial charge on any atom is -0.478 e. The molecule has 0 radical (unpaired) electrons. The van der Waals surface area contributed by atoms with E-state index in [1.54, 1.807) is 12.1 Å². The second kappa shape index (κ2) is 7.98. The molecule has 30 heavy (non-hydrogen) atoms. The van der Waals surface area contributed by atoms with Crippen LogP contribution in [0.3, 0.4) is 0 Å². The van der Waals surface area contributed by atoms with Gasteiger partial charge in [-0.15, -0.1) is 0 Å². The fraction of sp³-hybridized carbons (Fsp3) is 0.160. The first-order valence-electron chi connectivity index (χ1n) is 9.92. The van der Waals surface area contributed by atoms with Crippen LogP contribution in [0.4, 0.5) is 0 Å². The van der Waals surface area contributed by atoms with Gasteiger partial charge in [-0.25, -0.2) is 0 Å². The zero-order chi connectivity index (χ0) is 20.5. The van der Waals surface area contributed by atoms with Gasteiger partial charge in [0.25, 0.3) is 0 Å². The second-order valence-corrected chi connectivity index (χ2v) is 7.91. The summed E-state index contributed by atoms with van der Waals surface area (Å²) < 4.78 is 12.0. The van der Waals surface area contributed by atoms with Crippen molar-refractivity contribution in [2.45, 2.75) is 13.0 Å². The summed E-state index contributed by atoms with van der Waals surface area (Å²) >= 11 is 5.97. The van der Waals surface area contributed by atoms with E-state index < -0.39 is 0 Å². The Kier molecular flexibility index (Phi) is 5.03. The van der Waals surface area contributed by atoms with Crippen molar-refractivity contribution in [3.63, 3.8) is 0 Å². The van der Waals surface area contributed by atoms with Crippen molar-refractivity contribution in [3.05, 3.63) is 99.8 Å². The van der Waals surface area contributed by atoms with Crippen LogP contribution in [-0.4, -0.2) is 24.0 Å². The number of carbonyl (C=O) groups excluding carboxylic acids is 1. The molecule has 0 atom stereocenters. The Morgan fingerprint density at radius 3 is 2.60 bits per heavy atom. The van der Waals surface area contributed by atoms with Gasteiger partial charge in [0.15, 0.2) is 5.76 Å². The minimum atomic E-state index is -0.0880. The van der Waals surface area contributed by atoms with E-state index in [-0.39, 0.29) is 5.78 Å². The Morgan fingerprint density at radius 2 is 1.80 bits per heavy atom. The van der Waals surface area contributed by atoms with Crippen LogP contribution in [0.25, 0.3) is 6.08 Å². The van der Waals surface area contributed by atoms with E-state index in [4.69, 9.17) is 21.1 Å². The van der Waals surface area contributed by atoms with Crippen LogP contribution in [0.5, 0.6) is 11.5 Å². The molecular formula is C25H20ClNO3. The van der Waals surface area contributed by atoms with Crippen LogP contribution in [0.15, 0.2) is 72.5 Å². The van der Waals surface area contributed by atoms with Gasteiger partial charge in [0, 0.05) is 18.1 Å². The first-order chi connectivity index (χ1) is 14.7. The van der Waals surface area contributed by atoms with E-state index in [1.807, 2.05) is 60.7 Å². The molecule has 2 aliphatic rings. The van der Waals surface area contributed by atoms with E-state index >= 15 is 0 Å². The average molecular weight is 418 g/mol. The van der Waals surface area contributed by atoms with Gasteiger partial charge >= 0.3 is 0 Å². The van der Waals surface area contributed by atoms with Gasteiger partial charge in [-0.2, -0.15) is 0 Å². The Labute approximate surface area is 180 Å². The van der Waals surface area contributed by atoms with Crippen molar-refractivity contribution in [3.8, 4) is 11.5 Å². The average Bonchev–Trinajstić information content (AvgIpc) is 3.10. The third-order valence-corrected chi connectivity index (χ3v) is 5.66. The van der Waals surface area contributed by atoms with E-state index in [0.29, 0.717) is 30.3 Å². The summed E-state index contributed by atoms with van der Waals surface area (Å²) in [6.45, 7) is 2.03. The van der Waals surface area contributed by atoms with Gasteiger partial charge in [0.1, 0.15) is 18.2 Å². The molecule has 0 N–H and O–H groups in total. The molecule has 2 aliphatic heterocycles. The van der Waals surface area contributed by atoms with Crippen molar-refractivity contribution in [1.82, 2.24) is 4.90 Å². The van der Waals surface area contributed by atoms with Crippen LogP contribution in [0.2, 0.25) is 5.02 Å². The maximum atomic E-state index is 12.8. The molecule has 0 amide bonds.